The fraction of sp³-hybridized carbons (Fsp3) is 0.441. The third-order valence-corrected chi connectivity index (χ3v) is 8.87. The Morgan fingerprint density at radius 3 is 2.41 bits per heavy atom. The summed E-state index contributed by atoms with van der Waals surface area (Å²) in [6.07, 6.45) is 1.03. The van der Waals surface area contributed by atoms with Crippen LogP contribution in [0.1, 0.15) is 61.0 Å². The van der Waals surface area contributed by atoms with Gasteiger partial charge in [0.05, 0.1) is 54.1 Å². The first-order valence-corrected chi connectivity index (χ1v) is 15.9. The molecule has 2 aliphatic rings. The largest absolute Gasteiger partial charge is 0.481 e. The Kier molecular flexibility index (Phi) is 10.9. The van der Waals surface area contributed by atoms with E-state index < -0.39 is 48.5 Å². The van der Waals surface area contributed by atoms with Gasteiger partial charge in [0.1, 0.15) is 13.3 Å². The van der Waals surface area contributed by atoms with Gasteiger partial charge in [-0.2, -0.15) is 13.2 Å². The van der Waals surface area contributed by atoms with E-state index in [1.807, 2.05) is 11.8 Å². The topological polar surface area (TPSA) is 121 Å². The van der Waals surface area contributed by atoms with Crippen molar-refractivity contribution in [3.05, 3.63) is 77.8 Å². The van der Waals surface area contributed by atoms with Crippen LogP contribution in [0.15, 0.2) is 55.4 Å². The number of fused-ring (bicyclic) bond motifs is 1. The number of pyridine rings is 1. The van der Waals surface area contributed by atoms with E-state index in [0.29, 0.717) is 49.4 Å². The molecule has 0 spiro atoms. The van der Waals surface area contributed by atoms with Crippen molar-refractivity contribution in [2.24, 2.45) is 5.92 Å². The lowest BCUT2D eigenvalue weighted by Crippen LogP contribution is -2.48. The summed E-state index contributed by atoms with van der Waals surface area (Å²) in [6.45, 7) is 5.24. The van der Waals surface area contributed by atoms with E-state index in [1.54, 1.807) is 29.4 Å². The summed E-state index contributed by atoms with van der Waals surface area (Å²) in [5.74, 6) is -0.840. The van der Waals surface area contributed by atoms with Crippen LogP contribution in [-0.4, -0.2) is 65.0 Å². The predicted molar refractivity (Wildman–Crippen MR) is 173 cm³/mol. The quantitative estimate of drug-likeness (QED) is 0.172. The summed E-state index contributed by atoms with van der Waals surface area (Å²) in [7, 11) is 1.44. The van der Waals surface area contributed by atoms with Crippen LogP contribution in [-0.2, 0) is 28.9 Å². The van der Waals surface area contributed by atoms with Crippen molar-refractivity contribution in [1.82, 2.24) is 15.0 Å². The number of hydrogen-bond donors (Lipinski definition) is 1. The lowest BCUT2D eigenvalue weighted by molar-refractivity contribution is -0.142. The molecule has 15 heteroatoms. The number of piperidine rings is 1. The number of amides is 1. The number of alkyl halides is 4. The number of anilines is 3. The molecule has 5 rings (SSSR count). The fourth-order valence-electron chi connectivity index (χ4n) is 6.38. The van der Waals surface area contributed by atoms with Gasteiger partial charge in [0.2, 0.25) is 11.8 Å². The zero-order valence-electron chi connectivity index (χ0n) is 27.2. The monoisotopic (exact) mass is 686 g/mol. The maximum absolute atomic E-state index is 13.9. The minimum atomic E-state index is -4.71. The minimum absolute atomic E-state index is 0.0130. The summed E-state index contributed by atoms with van der Waals surface area (Å²) < 4.78 is 66.4. The molecule has 1 fully saturated rings. The molecule has 2 aromatic heterocycles. The Labute approximate surface area is 281 Å². The van der Waals surface area contributed by atoms with Gasteiger partial charge >= 0.3 is 18.2 Å². The number of carbonyl (C=O) groups is 2. The number of methoxy groups -OCH3 is 1. The molecule has 0 bridgehead atoms. The number of nitrogens with zero attached hydrogens (tertiary/aromatic N) is 6. The highest BCUT2D eigenvalue weighted by Crippen LogP contribution is 2.43. The number of rotatable bonds is 11. The zero-order chi connectivity index (χ0) is 35.3. The summed E-state index contributed by atoms with van der Waals surface area (Å²) in [5, 5.41) is 9.38. The van der Waals surface area contributed by atoms with Crippen molar-refractivity contribution in [2.75, 3.05) is 41.5 Å². The maximum atomic E-state index is 13.9. The van der Waals surface area contributed by atoms with Crippen molar-refractivity contribution in [2.45, 2.75) is 64.1 Å². The van der Waals surface area contributed by atoms with Crippen LogP contribution in [0.5, 0.6) is 5.88 Å². The standard InChI is InChI=1S/C34H38F4N6O5/c1-4-12-49-33(47)44-25(5-2)16-28(30-27(44)6-7-29(41-30)48-3)43(20-22-13-21(17-35)14-24(15-22)34(36,37)38)32-39-18-26(19-40-32)42-10-8-23(9-11-42)31(45)46/h4,6-7,13-15,18-19,23,25,28H,1,5,8-12,16-17,20H2,2-3H3,(H,45,46)/t25-,28+/m1/s1. The first kappa shape index (κ1) is 35.4. The van der Waals surface area contributed by atoms with Gasteiger partial charge in [0, 0.05) is 31.7 Å². The van der Waals surface area contributed by atoms with Crippen molar-refractivity contribution in [3.8, 4) is 5.88 Å². The molecule has 1 aromatic carbocycles. The molecule has 0 aliphatic carbocycles. The molecule has 2 atom stereocenters. The van der Waals surface area contributed by atoms with Crippen LogP contribution in [0.4, 0.5) is 39.7 Å². The molecule has 0 saturated carbocycles. The van der Waals surface area contributed by atoms with E-state index in [2.05, 4.69) is 16.5 Å². The number of benzene rings is 1. The predicted octanol–water partition coefficient (Wildman–Crippen LogP) is 6.73. The summed E-state index contributed by atoms with van der Waals surface area (Å²) in [5.41, 5.74) is 0.547. The van der Waals surface area contributed by atoms with E-state index in [9.17, 15) is 32.3 Å². The van der Waals surface area contributed by atoms with Crippen LogP contribution in [0.3, 0.4) is 0 Å². The Morgan fingerprint density at radius 1 is 1.12 bits per heavy atom. The van der Waals surface area contributed by atoms with Crippen LogP contribution in [0, 0.1) is 5.92 Å². The van der Waals surface area contributed by atoms with E-state index in [4.69, 9.17) is 14.5 Å². The maximum Gasteiger partial charge on any atom is 0.416 e. The molecule has 1 N–H and O–H groups in total. The van der Waals surface area contributed by atoms with Gasteiger partial charge < -0.3 is 24.4 Å². The molecular formula is C34H38F4N6O5. The first-order chi connectivity index (χ1) is 23.5. The SMILES string of the molecule is C=CCOC(=O)N1c2ccc(OC)nc2[C@@H](N(Cc2cc(CF)cc(C(F)(F)F)c2)c2ncc(N3CCC(C(=O)O)CC3)cn2)C[C@H]1CC. The highest BCUT2D eigenvalue weighted by molar-refractivity contribution is 5.90. The van der Waals surface area contributed by atoms with Crippen molar-refractivity contribution < 1.29 is 41.7 Å². The molecule has 262 valence electrons. The first-order valence-electron chi connectivity index (χ1n) is 15.9. The average molecular weight is 687 g/mol. The third kappa shape index (κ3) is 7.86. The van der Waals surface area contributed by atoms with Crippen LogP contribution in [0.2, 0.25) is 0 Å². The van der Waals surface area contributed by atoms with Gasteiger partial charge in [0.15, 0.2) is 0 Å². The second-order valence-electron chi connectivity index (χ2n) is 11.9. The number of carbonyl (C=O) groups excluding carboxylic acids is 1. The van der Waals surface area contributed by atoms with E-state index >= 15 is 0 Å². The van der Waals surface area contributed by atoms with Crippen molar-refractivity contribution in [1.29, 1.82) is 0 Å². The molecule has 3 aromatic rings. The zero-order valence-corrected chi connectivity index (χ0v) is 27.2. The highest BCUT2D eigenvalue weighted by Gasteiger charge is 2.41. The normalized spacial score (nSPS) is 18.1. The van der Waals surface area contributed by atoms with Crippen LogP contribution >= 0.6 is 0 Å². The van der Waals surface area contributed by atoms with Gasteiger partial charge in [-0.05, 0) is 55.0 Å². The van der Waals surface area contributed by atoms with Crippen LogP contribution < -0.4 is 19.4 Å². The molecule has 0 unspecified atom stereocenters. The number of aromatic nitrogens is 3. The van der Waals surface area contributed by atoms with Gasteiger partial charge in [-0.25, -0.2) is 24.1 Å². The highest BCUT2D eigenvalue weighted by atomic mass is 19.4. The number of hydrogen-bond acceptors (Lipinski definition) is 9. The fourth-order valence-corrected chi connectivity index (χ4v) is 6.38. The molecule has 4 heterocycles. The van der Waals surface area contributed by atoms with Crippen molar-refractivity contribution >= 4 is 29.4 Å². The molecular weight excluding hydrogens is 648 g/mol. The Bertz CT molecular complexity index is 1650. The smallest absolute Gasteiger partial charge is 0.416 e. The molecule has 2 aliphatic heterocycles. The van der Waals surface area contributed by atoms with E-state index in [-0.39, 0.29) is 42.5 Å². The Balaban J connectivity index is 1.60. The summed E-state index contributed by atoms with van der Waals surface area (Å²) in [4.78, 5) is 43.9. The molecule has 49 heavy (non-hydrogen) atoms. The van der Waals surface area contributed by atoms with Gasteiger partial charge in [-0.1, -0.05) is 25.6 Å². The average Bonchev–Trinajstić information content (AvgIpc) is 3.11. The van der Waals surface area contributed by atoms with Gasteiger partial charge in [0.25, 0.3) is 0 Å². The number of halogens is 4. The van der Waals surface area contributed by atoms with Crippen LogP contribution in [0.25, 0.3) is 0 Å². The van der Waals surface area contributed by atoms with Gasteiger partial charge in [-0.15, -0.1) is 0 Å². The number of ether oxygens (including phenoxy) is 2. The summed E-state index contributed by atoms with van der Waals surface area (Å²) in [6, 6.07) is 5.35. The Morgan fingerprint density at radius 2 is 1.82 bits per heavy atom. The van der Waals surface area contributed by atoms with E-state index in [0.717, 1.165) is 12.1 Å². The minimum Gasteiger partial charge on any atom is -0.481 e. The third-order valence-electron chi connectivity index (χ3n) is 8.87. The van der Waals surface area contributed by atoms with Gasteiger partial charge in [-0.3, -0.25) is 9.69 Å². The number of aliphatic carboxylic acids is 1. The second kappa shape index (κ2) is 15.1. The Hall–Kier alpha value is -4.95. The lowest BCUT2D eigenvalue weighted by atomic mass is 9.92. The summed E-state index contributed by atoms with van der Waals surface area (Å²) >= 11 is 0. The number of carboxylic acid groups (broad SMARTS) is 1. The lowest BCUT2D eigenvalue weighted by Gasteiger charge is -2.43. The van der Waals surface area contributed by atoms with Crippen molar-refractivity contribution in [3.63, 3.8) is 0 Å². The molecule has 11 nitrogen and oxygen atoms in total. The second-order valence-corrected chi connectivity index (χ2v) is 11.9. The van der Waals surface area contributed by atoms with E-state index in [1.165, 1.54) is 24.2 Å². The molecule has 1 saturated heterocycles. The molecule has 1 amide bonds. The molecule has 0 radical (unpaired) electrons. The number of carboxylic acids is 1.